The number of rotatable bonds is 1. The van der Waals surface area contributed by atoms with E-state index in [2.05, 4.69) is 0 Å². The molecule has 6 heteroatoms. The van der Waals surface area contributed by atoms with Crippen molar-refractivity contribution in [3.05, 3.63) is 34.9 Å². The molecule has 90 valence electrons. The minimum atomic E-state index is -1.74. The van der Waals surface area contributed by atoms with Crippen molar-refractivity contribution in [2.75, 3.05) is 0 Å². The smallest absolute Gasteiger partial charge is 0.348 e. The SMILES string of the molecule is CC1(C(=O)O)Cc2cc(F)c(F)cc2C(=O)O1. The van der Waals surface area contributed by atoms with Crippen LogP contribution in [0.2, 0.25) is 0 Å². The van der Waals surface area contributed by atoms with Crippen LogP contribution in [0.25, 0.3) is 0 Å². The second kappa shape index (κ2) is 3.51. The summed E-state index contributed by atoms with van der Waals surface area (Å²) in [6.45, 7) is 1.21. The Bertz CT molecular complexity index is 526. The lowest BCUT2D eigenvalue weighted by atomic mass is 9.90. The molecule has 0 aliphatic carbocycles. The number of cyclic esters (lactones) is 1. The maximum absolute atomic E-state index is 13.0. The van der Waals surface area contributed by atoms with Crippen molar-refractivity contribution in [1.82, 2.24) is 0 Å². The molecule has 1 aromatic carbocycles. The third-order valence-corrected chi connectivity index (χ3v) is 2.66. The van der Waals surface area contributed by atoms with Crippen LogP contribution in [0.3, 0.4) is 0 Å². The lowest BCUT2D eigenvalue weighted by molar-refractivity contribution is -0.158. The second-order valence-corrected chi connectivity index (χ2v) is 4.03. The summed E-state index contributed by atoms with van der Waals surface area (Å²) < 4.78 is 30.7. The lowest BCUT2D eigenvalue weighted by Crippen LogP contribution is -2.45. The van der Waals surface area contributed by atoms with Gasteiger partial charge in [0.15, 0.2) is 11.6 Å². The summed E-state index contributed by atoms with van der Waals surface area (Å²) in [7, 11) is 0. The van der Waals surface area contributed by atoms with E-state index in [1.807, 2.05) is 0 Å². The summed E-state index contributed by atoms with van der Waals surface area (Å²) >= 11 is 0. The number of esters is 1. The van der Waals surface area contributed by atoms with E-state index < -0.39 is 29.2 Å². The number of halogens is 2. The van der Waals surface area contributed by atoms with Crippen molar-refractivity contribution in [1.29, 1.82) is 0 Å². The highest BCUT2D eigenvalue weighted by atomic mass is 19.2. The number of benzene rings is 1. The molecule has 1 heterocycles. The standard InChI is InChI=1S/C11H8F2O4/c1-11(10(15)16)4-5-2-7(12)8(13)3-6(5)9(14)17-11/h2-3H,4H2,1H3,(H,15,16). The molecule has 1 aromatic rings. The first kappa shape index (κ1) is 11.5. The first-order valence-electron chi connectivity index (χ1n) is 4.78. The van der Waals surface area contributed by atoms with Crippen LogP contribution in [-0.2, 0) is 16.0 Å². The van der Waals surface area contributed by atoms with Gasteiger partial charge in [-0.05, 0) is 24.6 Å². The van der Waals surface area contributed by atoms with E-state index >= 15 is 0 Å². The number of fused-ring (bicyclic) bond motifs is 1. The maximum Gasteiger partial charge on any atom is 0.348 e. The van der Waals surface area contributed by atoms with Gasteiger partial charge in [-0.3, -0.25) is 0 Å². The molecule has 2 rings (SSSR count). The Labute approximate surface area is 94.8 Å². The molecule has 0 aromatic heterocycles. The lowest BCUT2D eigenvalue weighted by Gasteiger charge is -2.30. The van der Waals surface area contributed by atoms with E-state index in [9.17, 15) is 18.4 Å². The molecule has 17 heavy (non-hydrogen) atoms. The minimum absolute atomic E-state index is 0.130. The number of carboxylic acid groups (broad SMARTS) is 1. The zero-order valence-corrected chi connectivity index (χ0v) is 8.79. The molecule has 1 aliphatic rings. The van der Waals surface area contributed by atoms with Crippen LogP contribution in [0.15, 0.2) is 12.1 Å². The number of carbonyl (C=O) groups excluding carboxylic acids is 1. The molecule has 4 nitrogen and oxygen atoms in total. The van der Waals surface area contributed by atoms with Gasteiger partial charge in [-0.15, -0.1) is 0 Å². The van der Waals surface area contributed by atoms with Crippen LogP contribution >= 0.6 is 0 Å². The molecule has 0 radical (unpaired) electrons. The number of hydrogen-bond donors (Lipinski definition) is 1. The first-order chi connectivity index (χ1) is 7.83. The molecule has 1 N–H and O–H groups in total. The quantitative estimate of drug-likeness (QED) is 0.758. The zero-order valence-electron chi connectivity index (χ0n) is 8.79. The molecule has 0 saturated carbocycles. The third kappa shape index (κ3) is 1.75. The predicted molar refractivity (Wildman–Crippen MR) is 51.5 cm³/mol. The van der Waals surface area contributed by atoms with Crippen molar-refractivity contribution >= 4 is 11.9 Å². The second-order valence-electron chi connectivity index (χ2n) is 4.03. The third-order valence-electron chi connectivity index (χ3n) is 2.66. The van der Waals surface area contributed by atoms with Gasteiger partial charge in [0.1, 0.15) is 0 Å². The normalized spacial score (nSPS) is 22.9. The van der Waals surface area contributed by atoms with Crippen molar-refractivity contribution in [2.24, 2.45) is 0 Å². The topological polar surface area (TPSA) is 63.6 Å². The van der Waals surface area contributed by atoms with E-state index in [4.69, 9.17) is 9.84 Å². The fourth-order valence-corrected chi connectivity index (χ4v) is 1.70. The molecule has 0 bridgehead atoms. The summed E-state index contributed by atoms with van der Waals surface area (Å²) in [5.41, 5.74) is -1.75. The highest BCUT2D eigenvalue weighted by molar-refractivity contribution is 5.96. The number of carboxylic acids is 1. The van der Waals surface area contributed by atoms with Gasteiger partial charge in [0.05, 0.1) is 5.56 Å². The van der Waals surface area contributed by atoms with Crippen LogP contribution in [0.5, 0.6) is 0 Å². The van der Waals surface area contributed by atoms with Crippen LogP contribution < -0.4 is 0 Å². The molecule has 1 unspecified atom stereocenters. The van der Waals surface area contributed by atoms with Gasteiger partial charge >= 0.3 is 11.9 Å². The largest absolute Gasteiger partial charge is 0.478 e. The van der Waals surface area contributed by atoms with Crippen LogP contribution in [0, 0.1) is 11.6 Å². The summed E-state index contributed by atoms with van der Waals surface area (Å²) in [6.07, 6.45) is -0.194. The first-order valence-corrected chi connectivity index (χ1v) is 4.78. The Morgan fingerprint density at radius 1 is 1.41 bits per heavy atom. The van der Waals surface area contributed by atoms with Crippen LogP contribution in [0.4, 0.5) is 8.78 Å². The Kier molecular flexibility index (Phi) is 2.38. The average Bonchev–Trinajstić information content (AvgIpc) is 2.21. The van der Waals surface area contributed by atoms with Gasteiger partial charge in [0, 0.05) is 6.42 Å². The zero-order chi connectivity index (χ0) is 12.8. The Hall–Kier alpha value is -1.98. The van der Waals surface area contributed by atoms with Gasteiger partial charge in [-0.1, -0.05) is 0 Å². The Morgan fingerprint density at radius 2 is 2.00 bits per heavy atom. The molecular formula is C11H8F2O4. The van der Waals surface area contributed by atoms with Gasteiger partial charge < -0.3 is 9.84 Å². The number of aliphatic carboxylic acids is 1. The van der Waals surface area contributed by atoms with Crippen molar-refractivity contribution in [3.63, 3.8) is 0 Å². The maximum atomic E-state index is 13.0. The van der Waals surface area contributed by atoms with Crippen LogP contribution in [0.1, 0.15) is 22.8 Å². The Balaban J connectivity index is 2.54. The van der Waals surface area contributed by atoms with Crippen LogP contribution in [-0.4, -0.2) is 22.6 Å². The van der Waals surface area contributed by atoms with Crippen molar-refractivity contribution in [3.8, 4) is 0 Å². The highest BCUT2D eigenvalue weighted by Gasteiger charge is 2.43. The number of hydrogen-bond acceptors (Lipinski definition) is 3. The minimum Gasteiger partial charge on any atom is -0.478 e. The fraction of sp³-hybridized carbons (Fsp3) is 0.273. The van der Waals surface area contributed by atoms with Gasteiger partial charge in [0.25, 0.3) is 0 Å². The highest BCUT2D eigenvalue weighted by Crippen LogP contribution is 2.29. The molecular weight excluding hydrogens is 234 g/mol. The van der Waals surface area contributed by atoms with Crippen molar-refractivity contribution in [2.45, 2.75) is 18.9 Å². The van der Waals surface area contributed by atoms with E-state index in [-0.39, 0.29) is 17.5 Å². The van der Waals surface area contributed by atoms with Gasteiger partial charge in [-0.25, -0.2) is 18.4 Å². The molecule has 0 amide bonds. The van der Waals surface area contributed by atoms with E-state index in [0.29, 0.717) is 6.07 Å². The monoisotopic (exact) mass is 242 g/mol. The molecule has 1 atom stereocenters. The van der Waals surface area contributed by atoms with E-state index in [0.717, 1.165) is 6.07 Å². The number of ether oxygens (including phenoxy) is 1. The predicted octanol–water partition coefficient (Wildman–Crippen LogP) is 1.52. The summed E-state index contributed by atoms with van der Waals surface area (Å²) in [5.74, 6) is -4.58. The molecule has 0 spiro atoms. The number of carbonyl (C=O) groups is 2. The average molecular weight is 242 g/mol. The summed E-state index contributed by atoms with van der Waals surface area (Å²) in [4.78, 5) is 22.4. The van der Waals surface area contributed by atoms with E-state index in [1.165, 1.54) is 6.92 Å². The molecule has 1 aliphatic heterocycles. The van der Waals surface area contributed by atoms with Crippen molar-refractivity contribution < 1.29 is 28.2 Å². The Morgan fingerprint density at radius 3 is 2.59 bits per heavy atom. The fourth-order valence-electron chi connectivity index (χ4n) is 1.70. The molecule has 0 fully saturated rings. The van der Waals surface area contributed by atoms with E-state index in [1.54, 1.807) is 0 Å². The van der Waals surface area contributed by atoms with Gasteiger partial charge in [0.2, 0.25) is 5.60 Å². The molecule has 0 saturated heterocycles. The van der Waals surface area contributed by atoms with Gasteiger partial charge in [-0.2, -0.15) is 0 Å². The summed E-state index contributed by atoms with van der Waals surface area (Å²) in [5, 5.41) is 8.92. The summed E-state index contributed by atoms with van der Waals surface area (Å²) in [6, 6.07) is 1.54.